The van der Waals surface area contributed by atoms with E-state index in [1.54, 1.807) is 6.08 Å². The summed E-state index contributed by atoms with van der Waals surface area (Å²) in [5, 5.41) is 22.3. The Morgan fingerprint density at radius 2 is 1.93 bits per heavy atom. The lowest BCUT2D eigenvalue weighted by Crippen LogP contribution is -2.70. The van der Waals surface area contributed by atoms with Crippen LogP contribution in [-0.2, 0) is 9.59 Å². The smallest absolute Gasteiger partial charge is 0.161 e. The number of Topliss-reactive ketones (excluding diaryl/α,β-unsaturated/α-hetero) is 1. The van der Waals surface area contributed by atoms with Gasteiger partial charge in [0.25, 0.3) is 0 Å². The first-order valence-corrected chi connectivity index (χ1v) is 10.3. The standard InChI is InChI=1S/C22H31FO4/c1-12-9-17-15-6-8-21(27,13(2)24)20(15,4)11-18(26)22(17,23)19(3)7-5-14(25)10-16(12)19/h10,12,15,17-18,26-27H,5-9,11H2,1-4H3/t12-,15-,17-,18-,19-,20-,21-,22-/m0/s1. The maximum Gasteiger partial charge on any atom is 0.161 e. The van der Waals surface area contributed by atoms with E-state index in [0.717, 1.165) is 5.57 Å². The van der Waals surface area contributed by atoms with Gasteiger partial charge in [-0.25, -0.2) is 4.39 Å². The van der Waals surface area contributed by atoms with E-state index < -0.39 is 34.1 Å². The lowest BCUT2D eigenvalue weighted by atomic mass is 9.42. The highest BCUT2D eigenvalue weighted by Crippen LogP contribution is 2.71. The Morgan fingerprint density at radius 1 is 1.26 bits per heavy atom. The molecule has 0 spiro atoms. The van der Waals surface area contributed by atoms with E-state index in [9.17, 15) is 19.8 Å². The topological polar surface area (TPSA) is 74.6 Å². The molecular formula is C22H31FO4. The zero-order valence-electron chi connectivity index (χ0n) is 16.7. The molecule has 0 aromatic carbocycles. The van der Waals surface area contributed by atoms with Crippen LogP contribution in [0.5, 0.6) is 0 Å². The molecule has 8 atom stereocenters. The lowest BCUT2D eigenvalue weighted by molar-refractivity contribution is -0.230. The molecule has 0 radical (unpaired) electrons. The van der Waals surface area contributed by atoms with Crippen LogP contribution in [0.1, 0.15) is 66.2 Å². The van der Waals surface area contributed by atoms with Gasteiger partial charge in [-0.1, -0.05) is 26.3 Å². The van der Waals surface area contributed by atoms with E-state index in [1.165, 1.54) is 6.92 Å². The van der Waals surface area contributed by atoms with Crippen molar-refractivity contribution in [3.05, 3.63) is 11.6 Å². The number of hydrogen-bond acceptors (Lipinski definition) is 4. The molecule has 3 saturated carbocycles. The molecule has 0 aromatic rings. The fourth-order valence-electron chi connectivity index (χ4n) is 7.55. The summed E-state index contributed by atoms with van der Waals surface area (Å²) in [7, 11) is 0. The predicted molar refractivity (Wildman–Crippen MR) is 98.6 cm³/mol. The number of allylic oxidation sites excluding steroid dienone is 1. The second-order valence-corrected chi connectivity index (χ2v) is 10.1. The molecule has 0 heterocycles. The Labute approximate surface area is 160 Å². The molecule has 150 valence electrons. The van der Waals surface area contributed by atoms with E-state index in [0.29, 0.717) is 32.1 Å². The van der Waals surface area contributed by atoms with Gasteiger partial charge in [-0.15, -0.1) is 0 Å². The van der Waals surface area contributed by atoms with Crippen LogP contribution >= 0.6 is 0 Å². The molecule has 0 unspecified atom stereocenters. The van der Waals surface area contributed by atoms with Crippen molar-refractivity contribution in [3.8, 4) is 0 Å². The number of aliphatic hydroxyl groups is 2. The van der Waals surface area contributed by atoms with Gasteiger partial charge in [0.1, 0.15) is 11.3 Å². The van der Waals surface area contributed by atoms with Gasteiger partial charge in [0.05, 0.1) is 6.10 Å². The summed E-state index contributed by atoms with van der Waals surface area (Å²) < 4.78 is 16.9. The number of rotatable bonds is 1. The highest BCUT2D eigenvalue weighted by atomic mass is 19.1. The zero-order chi connectivity index (χ0) is 20.0. The lowest BCUT2D eigenvalue weighted by Gasteiger charge is -2.64. The molecule has 27 heavy (non-hydrogen) atoms. The molecule has 5 heteroatoms. The molecule has 4 aliphatic carbocycles. The van der Waals surface area contributed by atoms with Crippen LogP contribution in [0, 0.1) is 28.6 Å². The highest BCUT2D eigenvalue weighted by Gasteiger charge is 2.74. The van der Waals surface area contributed by atoms with Crippen LogP contribution in [0.25, 0.3) is 0 Å². The first kappa shape index (κ1) is 19.3. The van der Waals surface area contributed by atoms with Gasteiger partial charge in [0, 0.05) is 23.2 Å². The Kier molecular flexibility index (Phi) is 3.93. The quantitative estimate of drug-likeness (QED) is 0.735. The molecule has 4 nitrogen and oxygen atoms in total. The van der Waals surface area contributed by atoms with Gasteiger partial charge in [0.2, 0.25) is 0 Å². The van der Waals surface area contributed by atoms with Gasteiger partial charge in [-0.3, -0.25) is 9.59 Å². The minimum atomic E-state index is -1.84. The van der Waals surface area contributed by atoms with Gasteiger partial charge >= 0.3 is 0 Å². The monoisotopic (exact) mass is 378 g/mol. The molecule has 0 saturated heterocycles. The average molecular weight is 378 g/mol. The fourth-order valence-corrected chi connectivity index (χ4v) is 7.55. The summed E-state index contributed by atoms with van der Waals surface area (Å²) in [6.45, 7) is 7.16. The van der Waals surface area contributed by atoms with Crippen molar-refractivity contribution in [2.45, 2.75) is 83.6 Å². The van der Waals surface area contributed by atoms with Gasteiger partial charge in [-0.2, -0.15) is 0 Å². The molecule has 4 aliphatic rings. The van der Waals surface area contributed by atoms with Crippen molar-refractivity contribution in [1.29, 1.82) is 0 Å². The number of halogens is 1. The van der Waals surface area contributed by atoms with Crippen molar-refractivity contribution in [1.82, 2.24) is 0 Å². The second kappa shape index (κ2) is 5.50. The average Bonchev–Trinajstić information content (AvgIpc) is 2.85. The number of hydrogen-bond donors (Lipinski definition) is 2. The molecule has 0 amide bonds. The molecular weight excluding hydrogens is 347 g/mol. The molecule has 0 aliphatic heterocycles. The Balaban J connectivity index is 1.85. The number of aliphatic hydroxyl groups excluding tert-OH is 1. The van der Waals surface area contributed by atoms with Crippen LogP contribution < -0.4 is 0 Å². The maximum atomic E-state index is 16.9. The number of carbonyl (C=O) groups excluding carboxylic acids is 2. The predicted octanol–water partition coefficient (Wildman–Crippen LogP) is 3.15. The summed E-state index contributed by atoms with van der Waals surface area (Å²) in [5.41, 5.74) is -4.19. The van der Waals surface area contributed by atoms with Crippen molar-refractivity contribution in [3.63, 3.8) is 0 Å². The van der Waals surface area contributed by atoms with Crippen molar-refractivity contribution >= 4 is 11.6 Å². The van der Waals surface area contributed by atoms with Crippen molar-refractivity contribution in [2.24, 2.45) is 28.6 Å². The molecule has 0 aromatic heterocycles. The summed E-state index contributed by atoms with van der Waals surface area (Å²) in [6, 6.07) is 0. The first-order valence-electron chi connectivity index (χ1n) is 10.3. The normalized spacial score (nSPS) is 54.6. The largest absolute Gasteiger partial charge is 0.390 e. The number of fused-ring (bicyclic) bond motifs is 5. The summed E-state index contributed by atoms with van der Waals surface area (Å²) >= 11 is 0. The summed E-state index contributed by atoms with van der Waals surface area (Å²) in [6.07, 6.45) is 2.60. The SMILES string of the molecule is CC(=O)[C@@]1(O)CC[C@H]2[C@@H]3C[C@H](C)C4=CC(=O)CC[C@]4(C)[C@@]3(F)[C@@H](O)C[C@@]21C. The van der Waals surface area contributed by atoms with Crippen LogP contribution in [0.3, 0.4) is 0 Å². The second-order valence-electron chi connectivity index (χ2n) is 10.1. The van der Waals surface area contributed by atoms with Crippen LogP contribution in [0.4, 0.5) is 4.39 Å². The zero-order valence-corrected chi connectivity index (χ0v) is 16.7. The molecule has 3 fully saturated rings. The third-order valence-electron chi connectivity index (χ3n) is 9.10. The van der Waals surface area contributed by atoms with Crippen LogP contribution in [0.15, 0.2) is 11.6 Å². The Bertz CT molecular complexity index is 747. The van der Waals surface area contributed by atoms with E-state index in [-0.39, 0.29) is 29.8 Å². The molecule has 2 N–H and O–H groups in total. The van der Waals surface area contributed by atoms with E-state index in [2.05, 4.69) is 0 Å². The van der Waals surface area contributed by atoms with Gasteiger partial charge < -0.3 is 10.2 Å². The number of ketones is 2. The number of alkyl halides is 1. The van der Waals surface area contributed by atoms with E-state index in [1.807, 2.05) is 20.8 Å². The van der Waals surface area contributed by atoms with Crippen LogP contribution in [0.2, 0.25) is 0 Å². The van der Waals surface area contributed by atoms with E-state index >= 15 is 4.39 Å². The van der Waals surface area contributed by atoms with Crippen LogP contribution in [-0.4, -0.2) is 39.2 Å². The minimum Gasteiger partial charge on any atom is -0.390 e. The third-order valence-corrected chi connectivity index (χ3v) is 9.10. The minimum absolute atomic E-state index is 0.0401. The van der Waals surface area contributed by atoms with Gasteiger partial charge in [-0.05, 0) is 56.9 Å². The van der Waals surface area contributed by atoms with Crippen molar-refractivity contribution < 1.29 is 24.2 Å². The van der Waals surface area contributed by atoms with Crippen molar-refractivity contribution in [2.75, 3.05) is 0 Å². The summed E-state index contributed by atoms with van der Waals surface area (Å²) in [5.74, 6) is -0.778. The molecule has 4 rings (SSSR count). The highest BCUT2D eigenvalue weighted by molar-refractivity contribution is 5.92. The van der Waals surface area contributed by atoms with E-state index in [4.69, 9.17) is 0 Å². The van der Waals surface area contributed by atoms with Gasteiger partial charge in [0.15, 0.2) is 11.6 Å². The number of carbonyl (C=O) groups is 2. The summed E-state index contributed by atoms with van der Waals surface area (Å²) in [4.78, 5) is 24.3. The maximum absolute atomic E-state index is 16.9. The third kappa shape index (κ3) is 2.05. The Morgan fingerprint density at radius 3 is 2.56 bits per heavy atom. The molecule has 0 bridgehead atoms. The Hall–Kier alpha value is -1.07. The first-order chi connectivity index (χ1) is 12.4. The fraction of sp³-hybridized carbons (Fsp3) is 0.818.